The van der Waals surface area contributed by atoms with Crippen molar-refractivity contribution in [3.63, 3.8) is 0 Å². The predicted molar refractivity (Wildman–Crippen MR) is 69.4 cm³/mol. The molecule has 0 bridgehead atoms. The Morgan fingerprint density at radius 1 is 1.41 bits per heavy atom. The Bertz CT molecular complexity index is 415. The normalized spacial score (nSPS) is 26.1. The minimum absolute atomic E-state index is 0.0605. The van der Waals surface area contributed by atoms with Crippen LogP contribution in [-0.4, -0.2) is 15.4 Å². The number of allylic oxidation sites excluding steroid dienone is 3. The lowest BCUT2D eigenvalue weighted by Crippen LogP contribution is -2.42. The second-order valence-electron chi connectivity index (χ2n) is 5.42. The van der Waals surface area contributed by atoms with Crippen LogP contribution < -0.4 is 0 Å². The highest BCUT2D eigenvalue weighted by molar-refractivity contribution is 6.53. The van der Waals surface area contributed by atoms with Crippen molar-refractivity contribution in [2.45, 2.75) is 37.4 Å². The average molecular weight is 275 g/mol. The highest BCUT2D eigenvalue weighted by Crippen LogP contribution is 2.55. The van der Waals surface area contributed by atoms with Crippen LogP contribution in [0.25, 0.3) is 0 Å². The van der Waals surface area contributed by atoms with E-state index < -0.39 is 15.7 Å². The van der Waals surface area contributed by atoms with E-state index in [0.717, 1.165) is 17.9 Å². The van der Waals surface area contributed by atoms with Crippen molar-refractivity contribution in [2.75, 3.05) is 0 Å². The molecule has 0 aromatic heterocycles. The van der Waals surface area contributed by atoms with Crippen LogP contribution in [0.1, 0.15) is 33.1 Å². The maximum absolute atomic E-state index is 11.1. The molecule has 17 heavy (non-hydrogen) atoms. The first-order chi connectivity index (χ1) is 7.76. The van der Waals surface area contributed by atoms with Crippen LogP contribution in [0.15, 0.2) is 23.3 Å². The molecule has 1 saturated carbocycles. The second-order valence-corrected chi connectivity index (χ2v) is 6.75. The van der Waals surface area contributed by atoms with Gasteiger partial charge in [-0.15, -0.1) is 0 Å². The highest BCUT2D eigenvalue weighted by Gasteiger charge is 2.51. The fourth-order valence-corrected chi connectivity index (χ4v) is 2.73. The van der Waals surface area contributed by atoms with Gasteiger partial charge in [-0.25, -0.2) is 4.79 Å². The van der Waals surface area contributed by atoms with Gasteiger partial charge in [-0.05, 0) is 31.3 Å². The van der Waals surface area contributed by atoms with E-state index in [9.17, 15) is 4.79 Å². The Hall–Kier alpha value is -0.470. The second kappa shape index (κ2) is 4.03. The number of carboxylic acids is 1. The molecule has 2 rings (SSSR count). The summed E-state index contributed by atoms with van der Waals surface area (Å²) in [7, 11) is 0. The van der Waals surface area contributed by atoms with Crippen molar-refractivity contribution in [3.05, 3.63) is 23.3 Å². The zero-order valence-corrected chi connectivity index (χ0v) is 11.5. The molecule has 2 aliphatic rings. The number of carbonyl (C=O) groups is 1. The van der Waals surface area contributed by atoms with Crippen LogP contribution in [0.3, 0.4) is 0 Å². The number of hydrogen-bond donors (Lipinski definition) is 1. The van der Waals surface area contributed by atoms with Crippen LogP contribution in [-0.2, 0) is 4.79 Å². The maximum Gasteiger partial charge on any atom is 0.334 e. The smallest absolute Gasteiger partial charge is 0.334 e. The molecule has 2 aliphatic carbocycles. The molecule has 0 aromatic carbocycles. The van der Waals surface area contributed by atoms with E-state index >= 15 is 0 Å². The molecule has 2 nitrogen and oxygen atoms in total. The van der Waals surface area contributed by atoms with Crippen molar-refractivity contribution in [1.82, 2.24) is 0 Å². The van der Waals surface area contributed by atoms with Gasteiger partial charge >= 0.3 is 5.97 Å². The number of hydrogen-bond acceptors (Lipinski definition) is 1. The lowest BCUT2D eigenvalue weighted by molar-refractivity contribution is -0.133. The van der Waals surface area contributed by atoms with Crippen molar-refractivity contribution < 1.29 is 9.90 Å². The topological polar surface area (TPSA) is 37.3 Å². The van der Waals surface area contributed by atoms with Gasteiger partial charge in [-0.3, -0.25) is 0 Å². The van der Waals surface area contributed by atoms with Gasteiger partial charge in [0.2, 0.25) is 0 Å². The zero-order chi connectivity index (χ0) is 12.8. The van der Waals surface area contributed by atoms with Crippen LogP contribution in [0.2, 0.25) is 0 Å². The van der Waals surface area contributed by atoms with Gasteiger partial charge in [-0.1, -0.05) is 48.7 Å². The third kappa shape index (κ3) is 2.13. The largest absolute Gasteiger partial charge is 0.478 e. The molecular formula is C13H16Cl2O2. The Morgan fingerprint density at radius 2 is 2.00 bits per heavy atom. The minimum atomic E-state index is -1.36. The van der Waals surface area contributed by atoms with Crippen molar-refractivity contribution >= 4 is 29.2 Å². The fourth-order valence-electron chi connectivity index (χ4n) is 2.20. The van der Waals surface area contributed by atoms with Crippen molar-refractivity contribution in [1.29, 1.82) is 0 Å². The molecular weight excluding hydrogens is 259 g/mol. The molecule has 0 saturated heterocycles. The van der Waals surface area contributed by atoms with E-state index in [1.165, 1.54) is 12.8 Å². The molecule has 0 spiro atoms. The van der Waals surface area contributed by atoms with Crippen molar-refractivity contribution in [3.8, 4) is 0 Å². The Balaban J connectivity index is 2.37. The summed E-state index contributed by atoms with van der Waals surface area (Å²) in [5, 5.41) is 9.12. The van der Waals surface area contributed by atoms with Crippen LogP contribution in [0.5, 0.6) is 0 Å². The van der Waals surface area contributed by atoms with E-state index in [4.69, 9.17) is 28.3 Å². The van der Waals surface area contributed by atoms with Gasteiger partial charge in [0.1, 0.15) is 0 Å². The third-order valence-electron chi connectivity index (χ3n) is 3.81. The van der Waals surface area contributed by atoms with Gasteiger partial charge in [0.25, 0.3) is 0 Å². The first-order valence-corrected chi connectivity index (χ1v) is 6.55. The average Bonchev–Trinajstić information content (AvgIpc) is 2.96. The molecule has 0 aromatic rings. The summed E-state index contributed by atoms with van der Waals surface area (Å²) >= 11 is 12.6. The van der Waals surface area contributed by atoms with E-state index in [1.807, 2.05) is 19.9 Å². The van der Waals surface area contributed by atoms with Crippen molar-refractivity contribution in [2.24, 2.45) is 11.3 Å². The SMILES string of the molecule is CC1(C)C(CC2CC2)=CC=C(C(=O)O)C1(Cl)Cl. The van der Waals surface area contributed by atoms with Gasteiger partial charge < -0.3 is 5.11 Å². The molecule has 0 unspecified atom stereocenters. The van der Waals surface area contributed by atoms with Crippen LogP contribution in [0.4, 0.5) is 0 Å². The summed E-state index contributed by atoms with van der Waals surface area (Å²) in [4.78, 5) is 11.1. The molecule has 0 heterocycles. The van der Waals surface area contributed by atoms with E-state index in [-0.39, 0.29) is 5.57 Å². The third-order valence-corrected chi connectivity index (χ3v) is 5.17. The first-order valence-electron chi connectivity index (χ1n) is 5.79. The standard InChI is InChI=1S/C13H16Cl2O2/c1-12(2)9(7-8-3-4-8)5-6-10(11(16)17)13(12,14)15/h5-6,8H,3-4,7H2,1-2H3,(H,16,17). The number of carboxylic acid groups (broad SMARTS) is 1. The zero-order valence-electron chi connectivity index (χ0n) is 9.96. The molecule has 0 atom stereocenters. The first kappa shape index (κ1) is 13.0. The summed E-state index contributed by atoms with van der Waals surface area (Å²) in [6.45, 7) is 3.83. The lowest BCUT2D eigenvalue weighted by Gasteiger charge is -2.42. The summed E-state index contributed by atoms with van der Waals surface area (Å²) < 4.78 is -1.36. The Labute approximate surface area is 111 Å². The molecule has 1 N–H and O–H groups in total. The van der Waals surface area contributed by atoms with Gasteiger partial charge in [-0.2, -0.15) is 0 Å². The van der Waals surface area contributed by atoms with E-state index in [0.29, 0.717) is 0 Å². The van der Waals surface area contributed by atoms with Crippen LogP contribution in [0, 0.1) is 11.3 Å². The number of aliphatic carboxylic acids is 1. The summed E-state index contributed by atoms with van der Waals surface area (Å²) in [6.07, 6.45) is 6.90. The van der Waals surface area contributed by atoms with Gasteiger partial charge in [0.15, 0.2) is 4.33 Å². The number of halogens is 2. The maximum atomic E-state index is 11.1. The van der Waals surface area contributed by atoms with Crippen LogP contribution >= 0.6 is 23.2 Å². The summed E-state index contributed by atoms with van der Waals surface area (Å²) in [6, 6.07) is 0. The monoisotopic (exact) mass is 274 g/mol. The highest BCUT2D eigenvalue weighted by atomic mass is 35.5. The summed E-state index contributed by atoms with van der Waals surface area (Å²) in [5.41, 5.74) is 0.668. The van der Waals surface area contributed by atoms with Gasteiger partial charge in [0, 0.05) is 5.41 Å². The van der Waals surface area contributed by atoms with E-state index in [1.54, 1.807) is 6.08 Å². The molecule has 94 valence electrons. The molecule has 1 fully saturated rings. The Morgan fingerprint density at radius 3 is 2.47 bits per heavy atom. The number of rotatable bonds is 3. The summed E-state index contributed by atoms with van der Waals surface area (Å²) in [5.74, 6) is -0.325. The Kier molecular flexibility index (Phi) is 3.07. The fraction of sp³-hybridized carbons (Fsp3) is 0.615. The molecule has 0 aliphatic heterocycles. The minimum Gasteiger partial charge on any atom is -0.478 e. The predicted octanol–water partition coefficient (Wildman–Crippen LogP) is 3.94. The number of alkyl halides is 2. The quantitative estimate of drug-likeness (QED) is 0.792. The lowest BCUT2D eigenvalue weighted by atomic mass is 9.72. The molecule has 0 amide bonds. The molecule has 0 radical (unpaired) electrons. The van der Waals surface area contributed by atoms with Gasteiger partial charge in [0.05, 0.1) is 5.57 Å². The molecule has 4 heteroatoms. The van der Waals surface area contributed by atoms with E-state index in [2.05, 4.69) is 0 Å².